The zero-order chi connectivity index (χ0) is 11.5. The van der Waals surface area contributed by atoms with Crippen LogP contribution in [-0.4, -0.2) is 36.6 Å². The molecule has 1 aliphatic rings. The van der Waals surface area contributed by atoms with Gasteiger partial charge in [0.15, 0.2) is 0 Å². The molecule has 0 bridgehead atoms. The van der Waals surface area contributed by atoms with Gasteiger partial charge in [-0.1, -0.05) is 0 Å². The minimum Gasteiger partial charge on any atom is -0.444 e. The molecule has 1 aliphatic heterocycles. The van der Waals surface area contributed by atoms with E-state index < -0.39 is 0 Å². The van der Waals surface area contributed by atoms with Gasteiger partial charge in [-0.2, -0.15) is 0 Å². The maximum Gasteiger partial charge on any atom is 0.211 e. The van der Waals surface area contributed by atoms with Gasteiger partial charge >= 0.3 is 0 Å². The van der Waals surface area contributed by atoms with E-state index in [4.69, 9.17) is 4.42 Å². The molecule has 1 N–H and O–H groups in total. The van der Waals surface area contributed by atoms with Gasteiger partial charge in [0, 0.05) is 12.5 Å². The molecule has 16 heavy (non-hydrogen) atoms. The Kier molecular flexibility index (Phi) is 3.61. The third kappa shape index (κ3) is 2.44. The Hall–Kier alpha value is -0.870. The fraction of sp³-hybridized carbons (Fsp3) is 0.750. The lowest BCUT2D eigenvalue weighted by atomic mass is 10.2. The Labute approximate surface area is 97.0 Å². The van der Waals surface area contributed by atoms with Crippen LogP contribution in [0, 0.1) is 0 Å². The Morgan fingerprint density at radius 2 is 2.50 bits per heavy atom. The largest absolute Gasteiger partial charge is 0.444 e. The van der Waals surface area contributed by atoms with Gasteiger partial charge in [0.2, 0.25) is 5.89 Å². The van der Waals surface area contributed by atoms with Crippen molar-refractivity contribution in [3.05, 3.63) is 17.8 Å². The summed E-state index contributed by atoms with van der Waals surface area (Å²) in [5.41, 5.74) is 0. The summed E-state index contributed by atoms with van der Waals surface area (Å²) in [4.78, 5) is 6.72. The second kappa shape index (κ2) is 4.97. The van der Waals surface area contributed by atoms with Gasteiger partial charge < -0.3 is 9.73 Å². The highest BCUT2D eigenvalue weighted by Gasteiger charge is 2.26. The number of likely N-dealkylation sites (tertiary alicyclic amines) is 1. The van der Waals surface area contributed by atoms with E-state index in [9.17, 15) is 0 Å². The lowest BCUT2D eigenvalue weighted by Crippen LogP contribution is -2.23. The zero-order valence-electron chi connectivity index (χ0n) is 10.4. The number of oxazole rings is 1. The second-order valence-electron chi connectivity index (χ2n) is 4.70. The first-order valence-electron chi connectivity index (χ1n) is 6.03. The molecule has 0 amide bonds. The third-order valence-electron chi connectivity index (χ3n) is 3.38. The number of nitrogens with zero attached hydrogens (tertiary/aromatic N) is 2. The molecule has 4 nitrogen and oxygen atoms in total. The average Bonchev–Trinajstić information content (AvgIpc) is 2.86. The van der Waals surface area contributed by atoms with Crippen molar-refractivity contribution >= 4 is 0 Å². The zero-order valence-corrected chi connectivity index (χ0v) is 10.4. The summed E-state index contributed by atoms with van der Waals surface area (Å²) in [6, 6.07) is 0.820. The topological polar surface area (TPSA) is 41.3 Å². The number of nitrogens with one attached hydrogen (secondary N) is 1. The van der Waals surface area contributed by atoms with Crippen LogP contribution in [0.2, 0.25) is 0 Å². The van der Waals surface area contributed by atoms with Gasteiger partial charge in [-0.3, -0.25) is 4.90 Å². The Bertz CT molecular complexity index is 337. The molecule has 0 spiro atoms. The highest BCUT2D eigenvalue weighted by atomic mass is 16.4. The predicted octanol–water partition coefficient (Wildman–Crippen LogP) is 1.59. The van der Waals surface area contributed by atoms with Gasteiger partial charge in [0.1, 0.15) is 5.76 Å². The molecule has 1 aromatic heterocycles. The maximum atomic E-state index is 5.82. The van der Waals surface area contributed by atoms with Crippen molar-refractivity contribution in [1.82, 2.24) is 15.2 Å². The normalized spacial score (nSPS) is 23.8. The van der Waals surface area contributed by atoms with Crippen LogP contribution >= 0.6 is 0 Å². The smallest absolute Gasteiger partial charge is 0.211 e. The van der Waals surface area contributed by atoms with Gasteiger partial charge in [-0.05, 0) is 40.4 Å². The van der Waals surface area contributed by atoms with E-state index in [1.807, 2.05) is 13.2 Å². The van der Waals surface area contributed by atoms with Crippen molar-refractivity contribution in [2.24, 2.45) is 0 Å². The molecule has 2 heterocycles. The quantitative estimate of drug-likeness (QED) is 0.841. The van der Waals surface area contributed by atoms with Crippen LogP contribution in [0.3, 0.4) is 0 Å². The van der Waals surface area contributed by atoms with Crippen LogP contribution in [-0.2, 0) is 6.42 Å². The Morgan fingerprint density at radius 3 is 3.12 bits per heavy atom. The van der Waals surface area contributed by atoms with Gasteiger partial charge in [0.05, 0.1) is 12.2 Å². The molecular weight excluding hydrogens is 202 g/mol. The molecule has 0 aromatic carbocycles. The number of hydrogen-bond acceptors (Lipinski definition) is 4. The first-order chi connectivity index (χ1) is 7.70. The summed E-state index contributed by atoms with van der Waals surface area (Å²) in [6.07, 6.45) is 5.18. The van der Waals surface area contributed by atoms with Crippen LogP contribution in [0.4, 0.5) is 0 Å². The summed E-state index contributed by atoms with van der Waals surface area (Å²) in [6.45, 7) is 3.29. The van der Waals surface area contributed by atoms with Crippen molar-refractivity contribution in [3.63, 3.8) is 0 Å². The third-order valence-corrected chi connectivity index (χ3v) is 3.38. The highest BCUT2D eigenvalue weighted by molar-refractivity contribution is 5.01. The SMILES string of the molecule is CNC(C)Cc1cnc(C2CCCN2C)o1. The Balaban J connectivity index is 2.01. The summed E-state index contributed by atoms with van der Waals surface area (Å²) in [5.74, 6) is 1.87. The van der Waals surface area contributed by atoms with Crippen LogP contribution < -0.4 is 5.32 Å². The van der Waals surface area contributed by atoms with Crippen LogP contribution in [0.15, 0.2) is 10.6 Å². The molecule has 0 radical (unpaired) electrons. The molecule has 1 fully saturated rings. The van der Waals surface area contributed by atoms with Crippen molar-refractivity contribution in [3.8, 4) is 0 Å². The van der Waals surface area contributed by atoms with E-state index in [1.165, 1.54) is 6.42 Å². The number of likely N-dealkylation sites (N-methyl/N-ethyl adjacent to an activating group) is 1. The van der Waals surface area contributed by atoms with Crippen LogP contribution in [0.5, 0.6) is 0 Å². The summed E-state index contributed by atoms with van der Waals surface area (Å²) in [7, 11) is 4.10. The average molecular weight is 223 g/mol. The standard InChI is InChI=1S/C12H21N3O/c1-9(13-2)7-10-8-14-12(16-10)11-5-4-6-15(11)3/h8-9,11,13H,4-7H2,1-3H3. The predicted molar refractivity (Wildman–Crippen MR) is 63.3 cm³/mol. The molecule has 1 saturated heterocycles. The second-order valence-corrected chi connectivity index (χ2v) is 4.70. The summed E-state index contributed by atoms with van der Waals surface area (Å²) >= 11 is 0. The van der Waals surface area contributed by atoms with E-state index in [2.05, 4.69) is 29.2 Å². The van der Waals surface area contributed by atoms with Crippen molar-refractivity contribution < 1.29 is 4.42 Å². The van der Waals surface area contributed by atoms with E-state index in [-0.39, 0.29) is 0 Å². The first-order valence-corrected chi connectivity index (χ1v) is 6.03. The minimum atomic E-state index is 0.388. The van der Waals surface area contributed by atoms with Crippen LogP contribution in [0.1, 0.15) is 37.5 Å². The first kappa shape index (κ1) is 11.6. The molecular formula is C12H21N3O. The van der Waals surface area contributed by atoms with Gasteiger partial charge in [0.25, 0.3) is 0 Å². The highest BCUT2D eigenvalue weighted by Crippen LogP contribution is 2.29. The fourth-order valence-electron chi connectivity index (χ4n) is 2.20. The molecule has 0 aliphatic carbocycles. The fourth-order valence-corrected chi connectivity index (χ4v) is 2.20. The van der Waals surface area contributed by atoms with Gasteiger partial charge in [-0.25, -0.2) is 4.98 Å². The maximum absolute atomic E-state index is 5.82. The van der Waals surface area contributed by atoms with Crippen molar-refractivity contribution in [2.75, 3.05) is 20.6 Å². The van der Waals surface area contributed by atoms with E-state index in [0.717, 1.165) is 31.0 Å². The lowest BCUT2D eigenvalue weighted by molar-refractivity contribution is 0.262. The number of rotatable bonds is 4. The lowest BCUT2D eigenvalue weighted by Gasteiger charge is -2.15. The van der Waals surface area contributed by atoms with Crippen LogP contribution in [0.25, 0.3) is 0 Å². The van der Waals surface area contributed by atoms with Crippen molar-refractivity contribution in [2.45, 2.75) is 38.3 Å². The summed E-state index contributed by atoms with van der Waals surface area (Å²) < 4.78 is 5.82. The van der Waals surface area contributed by atoms with Gasteiger partial charge in [-0.15, -0.1) is 0 Å². The monoisotopic (exact) mass is 223 g/mol. The molecule has 2 atom stereocenters. The molecule has 2 unspecified atom stereocenters. The summed E-state index contributed by atoms with van der Waals surface area (Å²) in [5, 5.41) is 3.20. The number of hydrogen-bond donors (Lipinski definition) is 1. The Morgan fingerprint density at radius 1 is 1.69 bits per heavy atom. The number of aromatic nitrogens is 1. The van der Waals surface area contributed by atoms with Crippen molar-refractivity contribution in [1.29, 1.82) is 0 Å². The molecule has 4 heteroatoms. The molecule has 1 aromatic rings. The minimum absolute atomic E-state index is 0.388. The molecule has 2 rings (SSSR count). The van der Waals surface area contributed by atoms with E-state index in [0.29, 0.717) is 12.1 Å². The molecule has 90 valence electrons. The van der Waals surface area contributed by atoms with E-state index >= 15 is 0 Å². The molecule has 0 saturated carbocycles. The van der Waals surface area contributed by atoms with E-state index in [1.54, 1.807) is 0 Å².